The van der Waals surface area contributed by atoms with E-state index in [4.69, 9.17) is 21.7 Å². The lowest BCUT2D eigenvalue weighted by Gasteiger charge is -2.39. The minimum Gasteiger partial charge on any atom is -0.468 e. The molecule has 5 rings (SSSR count). The van der Waals surface area contributed by atoms with E-state index in [-0.39, 0.29) is 18.1 Å². The first-order valence-electron chi connectivity index (χ1n) is 12.3. The van der Waals surface area contributed by atoms with E-state index in [1.54, 1.807) is 12.4 Å². The van der Waals surface area contributed by atoms with Crippen LogP contribution in [0.3, 0.4) is 0 Å². The number of nitrogens with zero attached hydrogens (tertiary/aromatic N) is 5. The van der Waals surface area contributed by atoms with Crippen molar-refractivity contribution in [2.75, 3.05) is 35.3 Å². The summed E-state index contributed by atoms with van der Waals surface area (Å²) in [4.78, 5) is 17.7. The van der Waals surface area contributed by atoms with E-state index in [1.165, 1.54) is 12.1 Å². The average molecular weight is 521 g/mol. The number of hydrogen-bond acceptors (Lipinski definition) is 8. The maximum Gasteiger partial charge on any atom is 0.261 e. The van der Waals surface area contributed by atoms with E-state index in [2.05, 4.69) is 25.2 Å². The number of halogens is 1. The Bertz CT molecular complexity index is 1260. The monoisotopic (exact) mass is 520 g/mol. The summed E-state index contributed by atoms with van der Waals surface area (Å²) in [5.41, 5.74) is 2.42. The van der Waals surface area contributed by atoms with Gasteiger partial charge in [0.05, 0.1) is 12.6 Å². The van der Waals surface area contributed by atoms with Gasteiger partial charge in [-0.2, -0.15) is 0 Å². The number of hydrogen-bond donors (Lipinski definition) is 1. The number of nitrogens with one attached hydrogen (secondary N) is 1. The van der Waals surface area contributed by atoms with Gasteiger partial charge in [0.2, 0.25) is 0 Å². The van der Waals surface area contributed by atoms with Gasteiger partial charge in [-0.05, 0) is 61.3 Å². The van der Waals surface area contributed by atoms with Gasteiger partial charge in [-0.15, -0.1) is 0 Å². The zero-order valence-electron chi connectivity index (χ0n) is 20.6. The van der Waals surface area contributed by atoms with Crippen molar-refractivity contribution >= 4 is 46.6 Å². The molecule has 37 heavy (non-hydrogen) atoms. The molecule has 0 bridgehead atoms. The molecule has 1 N–H and O–H groups in total. The summed E-state index contributed by atoms with van der Waals surface area (Å²) < 4.78 is 25.9. The highest BCUT2D eigenvalue weighted by molar-refractivity contribution is 7.80. The summed E-state index contributed by atoms with van der Waals surface area (Å²) in [5.74, 6) is 1.15. The van der Waals surface area contributed by atoms with Crippen LogP contribution in [0, 0.1) is 5.82 Å². The quantitative estimate of drug-likeness (QED) is 0.432. The number of para-hydroxylation sites is 1. The number of aromatic nitrogens is 2. The lowest BCUT2D eigenvalue weighted by molar-refractivity contribution is -0.0684. The SMILES string of the molecule is CN(Cc1cccc(F)c1)c1ncnc2c1N=CCN2C1CCCC(COC(=S)Nc2ccccc2)O1. The molecule has 1 aromatic heterocycles. The second-order valence-corrected chi connectivity index (χ2v) is 9.42. The molecular weight excluding hydrogens is 491 g/mol. The third-order valence-corrected chi connectivity index (χ3v) is 6.54. The topological polar surface area (TPSA) is 75.1 Å². The van der Waals surface area contributed by atoms with E-state index in [0.29, 0.717) is 36.4 Å². The average Bonchev–Trinajstić information content (AvgIpc) is 2.92. The molecule has 1 fully saturated rings. The van der Waals surface area contributed by atoms with Crippen LogP contribution < -0.4 is 15.1 Å². The molecule has 10 heteroatoms. The predicted molar refractivity (Wildman–Crippen MR) is 147 cm³/mol. The molecule has 0 spiro atoms. The Morgan fingerprint density at radius 2 is 2.05 bits per heavy atom. The van der Waals surface area contributed by atoms with Gasteiger partial charge in [0.1, 0.15) is 30.7 Å². The second kappa shape index (κ2) is 11.6. The fraction of sp³-hybridized carbons (Fsp3) is 0.333. The number of benzene rings is 2. The summed E-state index contributed by atoms with van der Waals surface area (Å²) in [6.45, 7) is 1.45. The van der Waals surface area contributed by atoms with E-state index >= 15 is 0 Å². The molecule has 192 valence electrons. The van der Waals surface area contributed by atoms with Crippen LogP contribution in [0.25, 0.3) is 0 Å². The first-order valence-corrected chi connectivity index (χ1v) is 12.7. The first kappa shape index (κ1) is 25.0. The van der Waals surface area contributed by atoms with Crippen LogP contribution in [0.2, 0.25) is 0 Å². The molecule has 2 unspecified atom stereocenters. The number of ether oxygens (including phenoxy) is 2. The Kier molecular flexibility index (Phi) is 7.86. The van der Waals surface area contributed by atoms with Crippen LogP contribution in [-0.2, 0) is 16.0 Å². The molecule has 2 aromatic carbocycles. The van der Waals surface area contributed by atoms with Crippen molar-refractivity contribution in [1.29, 1.82) is 0 Å². The Hall–Kier alpha value is -3.63. The zero-order chi connectivity index (χ0) is 25.6. The molecule has 0 amide bonds. The molecule has 3 heterocycles. The Balaban J connectivity index is 1.24. The van der Waals surface area contributed by atoms with E-state index in [9.17, 15) is 4.39 Å². The van der Waals surface area contributed by atoms with Gasteiger partial charge in [-0.1, -0.05) is 30.3 Å². The zero-order valence-corrected chi connectivity index (χ0v) is 21.4. The molecule has 2 aliphatic heterocycles. The fourth-order valence-electron chi connectivity index (χ4n) is 4.58. The Labute approximate surface area is 221 Å². The molecular formula is C27H29FN6O2S. The standard InChI is InChI=1S/C27H29FN6O2S/c1-33(16-19-7-5-8-20(28)15-19)25-24-26(31-18-30-25)34(14-13-29-24)23-12-6-11-22(36-23)17-35-27(37)32-21-9-3-2-4-10-21/h2-5,7-10,13,15,18,22-23H,6,11-12,14,16-17H2,1H3,(H,32,37). The molecule has 2 aliphatic rings. The highest BCUT2D eigenvalue weighted by Crippen LogP contribution is 2.39. The van der Waals surface area contributed by atoms with E-state index in [0.717, 1.165) is 36.3 Å². The Morgan fingerprint density at radius 3 is 2.89 bits per heavy atom. The summed E-state index contributed by atoms with van der Waals surface area (Å²) in [7, 11) is 1.92. The third-order valence-electron chi connectivity index (χ3n) is 6.32. The van der Waals surface area contributed by atoms with Gasteiger partial charge in [0, 0.05) is 25.5 Å². The lowest BCUT2D eigenvalue weighted by Crippen LogP contribution is -2.46. The smallest absolute Gasteiger partial charge is 0.261 e. The van der Waals surface area contributed by atoms with Gasteiger partial charge >= 0.3 is 0 Å². The second-order valence-electron chi connectivity index (χ2n) is 9.05. The first-order chi connectivity index (χ1) is 18.1. The van der Waals surface area contributed by atoms with Gasteiger partial charge in [-0.25, -0.2) is 14.4 Å². The minimum absolute atomic E-state index is 0.0893. The number of aliphatic imine (C=N–C) groups is 1. The summed E-state index contributed by atoms with van der Waals surface area (Å²) in [5, 5.41) is 3.41. The molecule has 0 saturated carbocycles. The fourth-order valence-corrected chi connectivity index (χ4v) is 4.77. The molecule has 1 saturated heterocycles. The van der Waals surface area contributed by atoms with Crippen molar-refractivity contribution in [1.82, 2.24) is 9.97 Å². The normalized spacial score (nSPS) is 18.7. The third kappa shape index (κ3) is 6.20. The van der Waals surface area contributed by atoms with Crippen molar-refractivity contribution in [3.8, 4) is 0 Å². The highest BCUT2D eigenvalue weighted by atomic mass is 32.1. The lowest BCUT2D eigenvalue weighted by atomic mass is 10.1. The molecule has 3 aromatic rings. The number of rotatable bonds is 7. The summed E-state index contributed by atoms with van der Waals surface area (Å²) in [6, 6.07) is 16.3. The number of fused-ring (bicyclic) bond motifs is 1. The molecule has 0 aliphatic carbocycles. The van der Waals surface area contributed by atoms with Crippen LogP contribution in [0.5, 0.6) is 0 Å². The maximum absolute atomic E-state index is 13.7. The van der Waals surface area contributed by atoms with Crippen LogP contribution in [-0.4, -0.2) is 53.9 Å². The van der Waals surface area contributed by atoms with Gasteiger partial charge in [0.25, 0.3) is 5.17 Å². The van der Waals surface area contributed by atoms with Gasteiger partial charge in [0.15, 0.2) is 11.6 Å². The number of thiocarbonyl (C=S) groups is 1. The van der Waals surface area contributed by atoms with Crippen LogP contribution in [0.15, 0.2) is 65.9 Å². The van der Waals surface area contributed by atoms with Crippen molar-refractivity contribution in [2.24, 2.45) is 4.99 Å². The van der Waals surface area contributed by atoms with Crippen LogP contribution in [0.1, 0.15) is 24.8 Å². The van der Waals surface area contributed by atoms with Gasteiger partial charge in [-0.3, -0.25) is 4.99 Å². The van der Waals surface area contributed by atoms with E-state index < -0.39 is 0 Å². The summed E-state index contributed by atoms with van der Waals surface area (Å²) >= 11 is 5.34. The van der Waals surface area contributed by atoms with Crippen molar-refractivity contribution in [2.45, 2.75) is 38.1 Å². The maximum atomic E-state index is 13.7. The summed E-state index contributed by atoms with van der Waals surface area (Å²) in [6.07, 6.45) is 5.90. The van der Waals surface area contributed by atoms with Crippen molar-refractivity contribution in [3.63, 3.8) is 0 Å². The van der Waals surface area contributed by atoms with Gasteiger partial charge < -0.3 is 24.6 Å². The Morgan fingerprint density at radius 1 is 1.19 bits per heavy atom. The van der Waals surface area contributed by atoms with Crippen molar-refractivity contribution in [3.05, 3.63) is 72.3 Å². The highest BCUT2D eigenvalue weighted by Gasteiger charge is 2.32. The number of anilines is 3. The minimum atomic E-state index is -0.260. The molecule has 0 radical (unpaired) electrons. The molecule has 8 nitrogen and oxygen atoms in total. The van der Waals surface area contributed by atoms with E-state index in [1.807, 2.05) is 54.6 Å². The van der Waals surface area contributed by atoms with Crippen LogP contribution in [0.4, 0.5) is 27.4 Å². The van der Waals surface area contributed by atoms with Crippen molar-refractivity contribution < 1.29 is 13.9 Å². The predicted octanol–water partition coefficient (Wildman–Crippen LogP) is 5.08. The molecule has 2 atom stereocenters. The largest absolute Gasteiger partial charge is 0.468 e. The van der Waals surface area contributed by atoms with Crippen LogP contribution >= 0.6 is 12.2 Å².